The SMILES string of the molecule is CC(C)(C)CC(CN)C(=O)Nc1c(Cl)cc(Br)cc1Cl. The number of benzene rings is 1. The van der Waals surface area contributed by atoms with E-state index >= 15 is 0 Å². The van der Waals surface area contributed by atoms with Gasteiger partial charge in [-0.2, -0.15) is 0 Å². The fraction of sp³-hybridized carbons (Fsp3) is 0.500. The molecule has 0 bridgehead atoms. The minimum Gasteiger partial charge on any atom is -0.330 e. The first kappa shape index (κ1) is 17.8. The van der Waals surface area contributed by atoms with E-state index in [1.165, 1.54) is 0 Å². The normalized spacial score (nSPS) is 13.2. The lowest BCUT2D eigenvalue weighted by Gasteiger charge is -2.24. The number of hydrogen-bond donors (Lipinski definition) is 2. The molecular weight excluding hydrogens is 363 g/mol. The molecule has 0 saturated heterocycles. The molecule has 1 amide bonds. The van der Waals surface area contributed by atoms with Crippen molar-refractivity contribution in [1.29, 1.82) is 0 Å². The summed E-state index contributed by atoms with van der Waals surface area (Å²) in [6.07, 6.45) is 0.696. The predicted molar refractivity (Wildman–Crippen MR) is 89.4 cm³/mol. The molecule has 3 N–H and O–H groups in total. The number of rotatable bonds is 4. The summed E-state index contributed by atoms with van der Waals surface area (Å²) in [7, 11) is 0. The van der Waals surface area contributed by atoms with Crippen LogP contribution in [0, 0.1) is 11.3 Å². The smallest absolute Gasteiger partial charge is 0.228 e. The Morgan fingerprint density at radius 2 is 1.85 bits per heavy atom. The van der Waals surface area contributed by atoms with Crippen molar-refractivity contribution >= 4 is 50.7 Å². The number of hydrogen-bond acceptors (Lipinski definition) is 2. The highest BCUT2D eigenvalue weighted by atomic mass is 79.9. The summed E-state index contributed by atoms with van der Waals surface area (Å²) in [5.41, 5.74) is 6.15. The Bertz CT molecular complexity index is 477. The maximum Gasteiger partial charge on any atom is 0.228 e. The Kier molecular flexibility index (Phi) is 6.32. The van der Waals surface area contributed by atoms with E-state index in [4.69, 9.17) is 28.9 Å². The molecule has 1 aromatic carbocycles. The van der Waals surface area contributed by atoms with E-state index in [2.05, 4.69) is 42.0 Å². The molecule has 6 heteroatoms. The number of nitrogens with one attached hydrogen (secondary N) is 1. The van der Waals surface area contributed by atoms with Crippen LogP contribution in [0.1, 0.15) is 27.2 Å². The van der Waals surface area contributed by atoms with Crippen LogP contribution in [0.2, 0.25) is 10.0 Å². The lowest BCUT2D eigenvalue weighted by molar-refractivity contribution is -0.120. The molecule has 0 aliphatic carbocycles. The second kappa shape index (κ2) is 7.12. The molecule has 112 valence electrons. The van der Waals surface area contributed by atoms with Crippen molar-refractivity contribution in [3.05, 3.63) is 26.7 Å². The third-order valence-electron chi connectivity index (χ3n) is 2.77. The van der Waals surface area contributed by atoms with Crippen molar-refractivity contribution in [2.75, 3.05) is 11.9 Å². The van der Waals surface area contributed by atoms with Gasteiger partial charge in [0, 0.05) is 11.0 Å². The van der Waals surface area contributed by atoms with Crippen LogP contribution < -0.4 is 11.1 Å². The van der Waals surface area contributed by atoms with Gasteiger partial charge in [-0.1, -0.05) is 59.9 Å². The average molecular weight is 382 g/mol. The van der Waals surface area contributed by atoms with Crippen molar-refractivity contribution < 1.29 is 4.79 Å². The minimum absolute atomic E-state index is 0.0225. The molecular formula is C14H19BrCl2N2O. The summed E-state index contributed by atoms with van der Waals surface area (Å²) in [6.45, 7) is 6.50. The molecule has 0 heterocycles. The fourth-order valence-corrected chi connectivity index (χ4v) is 3.21. The Balaban J connectivity index is 2.89. The first-order chi connectivity index (χ1) is 9.14. The fourth-order valence-electron chi connectivity index (χ4n) is 1.91. The lowest BCUT2D eigenvalue weighted by atomic mass is 9.84. The highest BCUT2D eigenvalue weighted by Gasteiger charge is 2.24. The summed E-state index contributed by atoms with van der Waals surface area (Å²) in [4.78, 5) is 12.3. The van der Waals surface area contributed by atoms with Crippen LogP contribution in [0.3, 0.4) is 0 Å². The number of nitrogens with two attached hydrogens (primary N) is 1. The number of halogens is 3. The number of amides is 1. The van der Waals surface area contributed by atoms with Gasteiger partial charge in [-0.15, -0.1) is 0 Å². The Hall–Kier alpha value is -0.290. The van der Waals surface area contributed by atoms with Crippen LogP contribution in [-0.4, -0.2) is 12.5 Å². The first-order valence-corrected chi connectivity index (χ1v) is 7.84. The Morgan fingerprint density at radius 3 is 2.25 bits per heavy atom. The van der Waals surface area contributed by atoms with Crippen LogP contribution in [0.4, 0.5) is 5.69 Å². The van der Waals surface area contributed by atoms with Crippen LogP contribution in [-0.2, 0) is 4.79 Å². The van der Waals surface area contributed by atoms with Gasteiger partial charge in [-0.05, 0) is 24.0 Å². The molecule has 0 aliphatic heterocycles. The number of carbonyl (C=O) groups is 1. The van der Waals surface area contributed by atoms with Crippen LogP contribution in [0.25, 0.3) is 0 Å². The molecule has 1 atom stereocenters. The molecule has 0 fully saturated rings. The molecule has 0 spiro atoms. The van der Waals surface area contributed by atoms with Crippen LogP contribution in [0.5, 0.6) is 0 Å². The number of anilines is 1. The number of carbonyl (C=O) groups excluding carboxylic acids is 1. The third-order valence-corrected chi connectivity index (χ3v) is 3.82. The molecule has 0 radical (unpaired) electrons. The highest BCUT2D eigenvalue weighted by molar-refractivity contribution is 9.10. The predicted octanol–water partition coefficient (Wildman–Crippen LogP) is 4.71. The van der Waals surface area contributed by atoms with Crippen molar-refractivity contribution in [2.45, 2.75) is 27.2 Å². The van der Waals surface area contributed by atoms with Crippen molar-refractivity contribution in [2.24, 2.45) is 17.1 Å². The van der Waals surface area contributed by atoms with E-state index in [1.807, 2.05) is 0 Å². The van der Waals surface area contributed by atoms with Crippen molar-refractivity contribution in [3.8, 4) is 0 Å². The highest BCUT2D eigenvalue weighted by Crippen LogP contribution is 2.34. The maximum absolute atomic E-state index is 12.3. The van der Waals surface area contributed by atoms with E-state index in [-0.39, 0.29) is 23.8 Å². The van der Waals surface area contributed by atoms with Crippen molar-refractivity contribution in [3.63, 3.8) is 0 Å². The first-order valence-electron chi connectivity index (χ1n) is 6.29. The Labute approximate surface area is 138 Å². The third kappa shape index (κ3) is 5.24. The maximum atomic E-state index is 12.3. The van der Waals surface area contributed by atoms with Gasteiger partial charge in [0.15, 0.2) is 0 Å². The summed E-state index contributed by atoms with van der Waals surface area (Å²) >= 11 is 15.5. The molecule has 1 aromatic rings. The van der Waals surface area contributed by atoms with E-state index in [0.29, 0.717) is 22.2 Å². The van der Waals surface area contributed by atoms with Gasteiger partial charge in [0.25, 0.3) is 0 Å². The molecule has 0 saturated carbocycles. The zero-order valence-electron chi connectivity index (χ0n) is 11.8. The topological polar surface area (TPSA) is 55.1 Å². The Morgan fingerprint density at radius 1 is 1.35 bits per heavy atom. The van der Waals surface area contributed by atoms with Gasteiger partial charge in [0.05, 0.1) is 21.7 Å². The van der Waals surface area contributed by atoms with Gasteiger partial charge in [0.2, 0.25) is 5.91 Å². The monoisotopic (exact) mass is 380 g/mol. The van der Waals surface area contributed by atoms with Gasteiger partial charge in [-0.3, -0.25) is 4.79 Å². The molecule has 0 aliphatic rings. The van der Waals surface area contributed by atoms with Crippen molar-refractivity contribution in [1.82, 2.24) is 0 Å². The van der Waals surface area contributed by atoms with E-state index < -0.39 is 0 Å². The second-order valence-corrected chi connectivity index (χ2v) is 7.66. The van der Waals surface area contributed by atoms with E-state index in [1.54, 1.807) is 12.1 Å². The van der Waals surface area contributed by atoms with Gasteiger partial charge in [-0.25, -0.2) is 0 Å². The van der Waals surface area contributed by atoms with E-state index in [0.717, 1.165) is 4.47 Å². The quantitative estimate of drug-likeness (QED) is 0.793. The zero-order valence-corrected chi connectivity index (χ0v) is 14.9. The van der Waals surface area contributed by atoms with Gasteiger partial charge in [0.1, 0.15) is 0 Å². The summed E-state index contributed by atoms with van der Waals surface area (Å²) in [5, 5.41) is 3.56. The van der Waals surface area contributed by atoms with Gasteiger partial charge < -0.3 is 11.1 Å². The van der Waals surface area contributed by atoms with E-state index in [9.17, 15) is 4.79 Å². The second-order valence-electron chi connectivity index (χ2n) is 5.93. The molecule has 1 unspecified atom stereocenters. The van der Waals surface area contributed by atoms with Crippen LogP contribution in [0.15, 0.2) is 16.6 Å². The largest absolute Gasteiger partial charge is 0.330 e. The zero-order chi connectivity index (χ0) is 15.5. The summed E-state index contributed by atoms with van der Waals surface area (Å²) < 4.78 is 0.760. The van der Waals surface area contributed by atoms with Gasteiger partial charge >= 0.3 is 0 Å². The molecule has 0 aromatic heterocycles. The average Bonchev–Trinajstić information content (AvgIpc) is 2.29. The minimum atomic E-state index is -0.272. The van der Waals surface area contributed by atoms with Crippen LogP contribution >= 0.6 is 39.1 Å². The summed E-state index contributed by atoms with van der Waals surface area (Å²) in [5.74, 6) is -0.431. The molecule has 20 heavy (non-hydrogen) atoms. The lowest BCUT2D eigenvalue weighted by Crippen LogP contribution is -2.32. The molecule has 3 nitrogen and oxygen atoms in total. The standard InChI is InChI=1S/C14H19BrCl2N2O/c1-14(2,3)6-8(7-18)13(20)19-12-10(16)4-9(15)5-11(12)17/h4-5,8H,6-7,18H2,1-3H3,(H,19,20). The summed E-state index contributed by atoms with van der Waals surface area (Å²) in [6, 6.07) is 3.37. The molecule has 1 rings (SSSR count).